The van der Waals surface area contributed by atoms with Crippen LogP contribution >= 0.6 is 0 Å². The van der Waals surface area contributed by atoms with Crippen molar-refractivity contribution in [2.45, 2.75) is 13.0 Å². The van der Waals surface area contributed by atoms with Crippen LogP contribution in [0.2, 0.25) is 0 Å². The van der Waals surface area contributed by atoms with E-state index in [4.69, 9.17) is 5.10 Å². The SMILES string of the molecule is C[C@H]1CNCCN1c1cc(-n2nc(Nc3cnccn3)c3ccc(O)cc32)ccn1. The van der Waals surface area contributed by atoms with E-state index >= 15 is 0 Å². The van der Waals surface area contributed by atoms with Crippen LogP contribution in [0.4, 0.5) is 17.5 Å². The lowest BCUT2D eigenvalue weighted by Crippen LogP contribution is -2.50. The zero-order chi connectivity index (χ0) is 20.5. The molecular weight excluding hydrogens is 380 g/mol. The average molecular weight is 402 g/mol. The summed E-state index contributed by atoms with van der Waals surface area (Å²) < 4.78 is 1.81. The summed E-state index contributed by atoms with van der Waals surface area (Å²) in [6.45, 7) is 4.94. The molecule has 0 saturated carbocycles. The first-order chi connectivity index (χ1) is 14.7. The van der Waals surface area contributed by atoms with Gasteiger partial charge in [0, 0.05) is 61.8 Å². The van der Waals surface area contributed by atoms with E-state index in [0.29, 0.717) is 17.7 Å². The topological polar surface area (TPSA) is 104 Å². The molecule has 4 heterocycles. The number of pyridine rings is 1. The molecule has 0 spiro atoms. The summed E-state index contributed by atoms with van der Waals surface area (Å²) >= 11 is 0. The normalized spacial score (nSPS) is 16.7. The van der Waals surface area contributed by atoms with Gasteiger partial charge in [-0.2, -0.15) is 0 Å². The van der Waals surface area contributed by atoms with Crippen LogP contribution in [-0.4, -0.2) is 55.5 Å². The Balaban J connectivity index is 1.59. The second-order valence-corrected chi connectivity index (χ2v) is 7.30. The third kappa shape index (κ3) is 3.39. The van der Waals surface area contributed by atoms with Crippen molar-refractivity contribution < 1.29 is 5.11 Å². The van der Waals surface area contributed by atoms with Gasteiger partial charge in [-0.1, -0.05) is 0 Å². The molecule has 1 aliphatic rings. The predicted octanol–water partition coefficient (Wildman–Crippen LogP) is 2.46. The fraction of sp³-hybridized carbons (Fsp3) is 0.238. The number of piperazine rings is 1. The van der Waals surface area contributed by atoms with Crippen molar-refractivity contribution in [3.05, 3.63) is 55.1 Å². The van der Waals surface area contributed by atoms with Crippen LogP contribution in [0.5, 0.6) is 5.75 Å². The number of phenolic OH excluding ortho intramolecular Hbond substituents is 1. The molecule has 3 aromatic heterocycles. The average Bonchev–Trinajstić information content (AvgIpc) is 3.12. The van der Waals surface area contributed by atoms with Crippen molar-refractivity contribution in [1.82, 2.24) is 30.0 Å². The van der Waals surface area contributed by atoms with Crippen LogP contribution in [0.25, 0.3) is 16.6 Å². The van der Waals surface area contributed by atoms with E-state index in [-0.39, 0.29) is 5.75 Å². The minimum atomic E-state index is 0.180. The van der Waals surface area contributed by atoms with Crippen molar-refractivity contribution in [2.75, 3.05) is 29.9 Å². The van der Waals surface area contributed by atoms with Gasteiger partial charge < -0.3 is 20.6 Å². The summed E-state index contributed by atoms with van der Waals surface area (Å²) in [7, 11) is 0. The number of phenols is 1. The first kappa shape index (κ1) is 18.3. The second-order valence-electron chi connectivity index (χ2n) is 7.30. The number of aromatic hydroxyl groups is 1. The van der Waals surface area contributed by atoms with Crippen LogP contribution in [0.15, 0.2) is 55.1 Å². The van der Waals surface area contributed by atoms with E-state index in [1.807, 2.05) is 22.9 Å². The Bertz CT molecular complexity index is 1180. The summed E-state index contributed by atoms with van der Waals surface area (Å²) in [4.78, 5) is 15.2. The first-order valence-corrected chi connectivity index (χ1v) is 9.87. The molecule has 30 heavy (non-hydrogen) atoms. The van der Waals surface area contributed by atoms with Crippen LogP contribution < -0.4 is 15.5 Å². The molecule has 0 unspecified atom stereocenters. The van der Waals surface area contributed by atoms with Crippen molar-refractivity contribution in [1.29, 1.82) is 0 Å². The molecule has 1 aromatic carbocycles. The number of nitrogens with one attached hydrogen (secondary N) is 2. The number of aromatic nitrogens is 5. The Hall–Kier alpha value is -3.72. The van der Waals surface area contributed by atoms with E-state index in [1.165, 1.54) is 0 Å². The molecule has 9 nitrogen and oxygen atoms in total. The highest BCUT2D eigenvalue weighted by Crippen LogP contribution is 2.31. The number of benzene rings is 1. The van der Waals surface area contributed by atoms with Crippen molar-refractivity contribution in [3.8, 4) is 11.4 Å². The molecule has 0 bridgehead atoms. The van der Waals surface area contributed by atoms with Gasteiger partial charge in [-0.3, -0.25) is 4.98 Å². The second kappa shape index (κ2) is 7.60. The maximum absolute atomic E-state index is 10.1. The highest BCUT2D eigenvalue weighted by molar-refractivity contribution is 5.93. The van der Waals surface area contributed by atoms with Gasteiger partial charge in [-0.05, 0) is 25.1 Å². The molecular formula is C21H22N8O. The largest absolute Gasteiger partial charge is 0.508 e. The van der Waals surface area contributed by atoms with Gasteiger partial charge >= 0.3 is 0 Å². The maximum atomic E-state index is 10.1. The lowest BCUT2D eigenvalue weighted by atomic mass is 10.2. The number of hydrogen-bond acceptors (Lipinski definition) is 8. The predicted molar refractivity (Wildman–Crippen MR) is 116 cm³/mol. The maximum Gasteiger partial charge on any atom is 0.162 e. The fourth-order valence-electron chi connectivity index (χ4n) is 3.76. The highest BCUT2D eigenvalue weighted by Gasteiger charge is 2.20. The molecule has 0 amide bonds. The third-order valence-corrected chi connectivity index (χ3v) is 5.24. The van der Waals surface area contributed by atoms with E-state index in [2.05, 4.69) is 37.4 Å². The summed E-state index contributed by atoms with van der Waals surface area (Å²) in [5.41, 5.74) is 1.65. The first-order valence-electron chi connectivity index (χ1n) is 9.87. The molecule has 3 N–H and O–H groups in total. The molecule has 1 saturated heterocycles. The summed E-state index contributed by atoms with van der Waals surface area (Å²) in [6.07, 6.45) is 6.68. The molecule has 0 radical (unpaired) electrons. The summed E-state index contributed by atoms with van der Waals surface area (Å²) in [6, 6.07) is 9.50. The van der Waals surface area contributed by atoms with Crippen molar-refractivity contribution >= 4 is 28.4 Å². The minimum Gasteiger partial charge on any atom is -0.508 e. The zero-order valence-corrected chi connectivity index (χ0v) is 16.5. The monoisotopic (exact) mass is 402 g/mol. The number of nitrogens with zero attached hydrogens (tertiary/aromatic N) is 6. The number of fused-ring (bicyclic) bond motifs is 1. The molecule has 5 rings (SSSR count). The van der Waals surface area contributed by atoms with E-state index in [1.54, 1.807) is 36.9 Å². The smallest absolute Gasteiger partial charge is 0.162 e. The molecule has 1 aliphatic heterocycles. The van der Waals surface area contributed by atoms with E-state index < -0.39 is 0 Å². The Morgan fingerprint density at radius 3 is 2.90 bits per heavy atom. The Morgan fingerprint density at radius 2 is 2.07 bits per heavy atom. The Labute approximate surface area is 173 Å². The minimum absolute atomic E-state index is 0.180. The lowest BCUT2D eigenvalue weighted by Gasteiger charge is -2.35. The number of anilines is 3. The highest BCUT2D eigenvalue weighted by atomic mass is 16.3. The van der Waals surface area contributed by atoms with Gasteiger partial charge in [-0.25, -0.2) is 14.6 Å². The van der Waals surface area contributed by atoms with Gasteiger partial charge in [0.1, 0.15) is 17.4 Å². The van der Waals surface area contributed by atoms with Gasteiger partial charge in [0.25, 0.3) is 0 Å². The van der Waals surface area contributed by atoms with Gasteiger partial charge in [0.05, 0.1) is 17.4 Å². The van der Waals surface area contributed by atoms with Crippen LogP contribution in [0.1, 0.15) is 6.92 Å². The van der Waals surface area contributed by atoms with E-state index in [0.717, 1.165) is 42.0 Å². The lowest BCUT2D eigenvalue weighted by molar-refractivity contribution is 0.476. The van der Waals surface area contributed by atoms with Crippen molar-refractivity contribution in [2.24, 2.45) is 0 Å². The molecule has 1 atom stereocenters. The number of rotatable bonds is 4. The Morgan fingerprint density at radius 1 is 1.13 bits per heavy atom. The summed E-state index contributed by atoms with van der Waals surface area (Å²) in [5, 5.41) is 22.3. The van der Waals surface area contributed by atoms with Crippen molar-refractivity contribution in [3.63, 3.8) is 0 Å². The fourth-order valence-corrected chi connectivity index (χ4v) is 3.76. The molecule has 1 fully saturated rings. The van der Waals surface area contributed by atoms with Crippen LogP contribution in [-0.2, 0) is 0 Å². The van der Waals surface area contributed by atoms with Crippen LogP contribution in [0, 0.1) is 0 Å². The molecule has 9 heteroatoms. The van der Waals surface area contributed by atoms with Crippen LogP contribution in [0.3, 0.4) is 0 Å². The zero-order valence-electron chi connectivity index (χ0n) is 16.5. The van der Waals surface area contributed by atoms with Gasteiger partial charge in [0.2, 0.25) is 0 Å². The van der Waals surface area contributed by atoms with E-state index in [9.17, 15) is 5.11 Å². The Kier molecular flexibility index (Phi) is 4.64. The molecule has 4 aromatic rings. The third-order valence-electron chi connectivity index (χ3n) is 5.24. The molecule has 0 aliphatic carbocycles. The summed E-state index contributed by atoms with van der Waals surface area (Å²) in [5.74, 6) is 2.33. The molecule has 152 valence electrons. The number of hydrogen-bond donors (Lipinski definition) is 3. The van der Waals surface area contributed by atoms with Gasteiger partial charge in [-0.15, -0.1) is 5.10 Å². The standard InChI is InChI=1S/C21H22N8O/c1-14-12-23-8-9-28(14)20-10-15(4-5-25-20)29-18-11-16(30)2-3-17(18)21(27-29)26-19-13-22-6-7-24-19/h2-7,10-11,13-14,23,30H,8-9,12H2,1H3,(H,24,26,27)/t14-/m0/s1. The quantitative estimate of drug-likeness (QED) is 0.478. The van der Waals surface area contributed by atoms with Gasteiger partial charge in [0.15, 0.2) is 5.82 Å².